The number of allylic oxidation sites excluding steroid dienone is 6. The Morgan fingerprint density at radius 1 is 0.442 bits per heavy atom. The lowest BCUT2D eigenvalue weighted by Crippen LogP contribution is -2.28. The van der Waals surface area contributed by atoms with E-state index in [2.05, 4.69) is 50.3 Å². The van der Waals surface area contributed by atoms with E-state index in [1.54, 1.807) is 0 Å². The fourth-order valence-corrected chi connectivity index (χ4v) is 6.47. The van der Waals surface area contributed by atoms with Gasteiger partial charge < -0.3 is 14.6 Å². The third-order valence-electron chi connectivity index (χ3n) is 9.91. The number of aliphatic hydroxyl groups is 1. The Kier molecular flexibility index (Phi) is 42.0. The normalized spacial score (nSPS) is 12.4. The van der Waals surface area contributed by atoms with Gasteiger partial charge in [-0.05, 0) is 64.2 Å². The minimum absolute atomic E-state index is 0.0849. The maximum atomic E-state index is 12.2. The first kappa shape index (κ1) is 50.1. The van der Waals surface area contributed by atoms with Gasteiger partial charge >= 0.3 is 11.9 Å². The molecular formula is C47H86O5. The fourth-order valence-electron chi connectivity index (χ4n) is 6.47. The summed E-state index contributed by atoms with van der Waals surface area (Å²) in [4.78, 5) is 24.3. The van der Waals surface area contributed by atoms with Crippen LogP contribution in [0.25, 0.3) is 0 Å². The number of carbonyl (C=O) groups is 2. The summed E-state index contributed by atoms with van der Waals surface area (Å²) in [6, 6.07) is 0. The predicted molar refractivity (Wildman–Crippen MR) is 224 cm³/mol. The third kappa shape index (κ3) is 40.9. The van der Waals surface area contributed by atoms with Crippen molar-refractivity contribution in [2.24, 2.45) is 0 Å². The van der Waals surface area contributed by atoms with Gasteiger partial charge in [-0.25, -0.2) is 0 Å². The van der Waals surface area contributed by atoms with E-state index in [1.807, 2.05) is 0 Å². The molecule has 0 bridgehead atoms. The standard InChI is InChI=1S/C47H86O5/c1-3-5-7-9-11-13-15-17-19-20-21-22-23-24-25-26-28-29-31-33-35-37-39-41-46(49)51-44-45(43-48)52-47(50)42-40-38-36-34-32-30-27-18-16-14-12-10-8-6-4-2/h12,14,18,27,33,35,45,48H,3-11,13,15-17,19-26,28-32,34,36-44H2,1-2H3/b14-12+,27-18+,35-33+/t45-/m0/s1. The molecule has 0 fully saturated rings. The molecule has 5 heteroatoms. The monoisotopic (exact) mass is 731 g/mol. The zero-order valence-electron chi connectivity index (χ0n) is 34.6. The number of unbranched alkanes of at least 4 members (excludes halogenated alkanes) is 27. The molecule has 0 aliphatic rings. The van der Waals surface area contributed by atoms with Crippen LogP contribution in [0.5, 0.6) is 0 Å². The zero-order chi connectivity index (χ0) is 37.8. The second kappa shape index (κ2) is 43.5. The van der Waals surface area contributed by atoms with Gasteiger partial charge in [-0.3, -0.25) is 9.59 Å². The van der Waals surface area contributed by atoms with Crippen molar-refractivity contribution >= 4 is 11.9 Å². The van der Waals surface area contributed by atoms with E-state index in [4.69, 9.17) is 9.47 Å². The van der Waals surface area contributed by atoms with Crippen molar-refractivity contribution in [3.05, 3.63) is 36.5 Å². The highest BCUT2D eigenvalue weighted by Gasteiger charge is 2.16. The van der Waals surface area contributed by atoms with Crippen molar-refractivity contribution in [2.45, 2.75) is 238 Å². The Labute approximate surface area is 323 Å². The molecule has 0 aromatic carbocycles. The molecule has 0 spiro atoms. The molecule has 5 nitrogen and oxygen atoms in total. The number of hydrogen-bond donors (Lipinski definition) is 1. The van der Waals surface area contributed by atoms with Gasteiger partial charge in [0.1, 0.15) is 6.61 Å². The van der Waals surface area contributed by atoms with Crippen LogP contribution in [0, 0.1) is 0 Å². The van der Waals surface area contributed by atoms with Crippen LogP contribution in [-0.2, 0) is 19.1 Å². The molecule has 1 atom stereocenters. The summed E-state index contributed by atoms with van der Waals surface area (Å²) in [7, 11) is 0. The first-order valence-corrected chi connectivity index (χ1v) is 22.5. The van der Waals surface area contributed by atoms with Gasteiger partial charge in [0.15, 0.2) is 6.10 Å². The minimum Gasteiger partial charge on any atom is -0.462 e. The molecule has 52 heavy (non-hydrogen) atoms. The van der Waals surface area contributed by atoms with E-state index >= 15 is 0 Å². The molecule has 0 saturated heterocycles. The number of esters is 2. The van der Waals surface area contributed by atoms with Crippen molar-refractivity contribution in [3.63, 3.8) is 0 Å². The largest absolute Gasteiger partial charge is 0.462 e. The molecule has 1 N–H and O–H groups in total. The molecule has 0 unspecified atom stereocenters. The van der Waals surface area contributed by atoms with E-state index in [9.17, 15) is 14.7 Å². The second-order valence-electron chi connectivity index (χ2n) is 15.1. The highest BCUT2D eigenvalue weighted by atomic mass is 16.6. The predicted octanol–water partition coefficient (Wildman–Crippen LogP) is 14.4. The maximum Gasteiger partial charge on any atom is 0.306 e. The lowest BCUT2D eigenvalue weighted by molar-refractivity contribution is -0.161. The molecule has 0 aromatic heterocycles. The van der Waals surface area contributed by atoms with E-state index in [0.717, 1.165) is 57.8 Å². The molecule has 0 amide bonds. The number of aliphatic hydroxyl groups excluding tert-OH is 1. The highest BCUT2D eigenvalue weighted by molar-refractivity contribution is 5.70. The summed E-state index contributed by atoms with van der Waals surface area (Å²) in [6.45, 7) is 4.09. The first-order valence-electron chi connectivity index (χ1n) is 22.5. The van der Waals surface area contributed by atoms with Crippen molar-refractivity contribution in [2.75, 3.05) is 13.2 Å². The zero-order valence-corrected chi connectivity index (χ0v) is 34.6. The van der Waals surface area contributed by atoms with Crippen LogP contribution in [-0.4, -0.2) is 36.4 Å². The van der Waals surface area contributed by atoms with Crippen molar-refractivity contribution in [1.82, 2.24) is 0 Å². The van der Waals surface area contributed by atoms with Crippen LogP contribution in [0.15, 0.2) is 36.5 Å². The molecule has 0 rings (SSSR count). The quantitative estimate of drug-likeness (QED) is 0.0385. The Morgan fingerprint density at radius 3 is 1.25 bits per heavy atom. The minimum atomic E-state index is -0.788. The average molecular weight is 731 g/mol. The number of carbonyl (C=O) groups excluding carboxylic acids is 2. The molecule has 0 aliphatic carbocycles. The van der Waals surface area contributed by atoms with E-state index < -0.39 is 6.10 Å². The molecule has 0 heterocycles. The molecule has 0 saturated carbocycles. The molecule has 304 valence electrons. The summed E-state index contributed by atoms with van der Waals surface area (Å²) < 4.78 is 10.6. The van der Waals surface area contributed by atoms with Crippen molar-refractivity contribution in [3.8, 4) is 0 Å². The summed E-state index contributed by atoms with van der Waals surface area (Å²) in [5.41, 5.74) is 0. The summed E-state index contributed by atoms with van der Waals surface area (Å²) >= 11 is 0. The highest BCUT2D eigenvalue weighted by Crippen LogP contribution is 2.15. The Balaban J connectivity index is 3.53. The van der Waals surface area contributed by atoms with Crippen molar-refractivity contribution < 1.29 is 24.2 Å². The Morgan fingerprint density at radius 2 is 0.788 bits per heavy atom. The summed E-state index contributed by atoms with van der Waals surface area (Å²) in [5.74, 6) is -0.638. The molecular weight excluding hydrogens is 645 g/mol. The van der Waals surface area contributed by atoms with Crippen LogP contribution >= 0.6 is 0 Å². The lowest BCUT2D eigenvalue weighted by Gasteiger charge is -2.15. The second-order valence-corrected chi connectivity index (χ2v) is 15.1. The average Bonchev–Trinajstić information content (AvgIpc) is 3.15. The van der Waals surface area contributed by atoms with Gasteiger partial charge in [-0.2, -0.15) is 0 Å². The van der Waals surface area contributed by atoms with Crippen LogP contribution in [0.4, 0.5) is 0 Å². The van der Waals surface area contributed by atoms with Gasteiger partial charge in [0.2, 0.25) is 0 Å². The van der Waals surface area contributed by atoms with Crippen molar-refractivity contribution in [1.29, 1.82) is 0 Å². The molecule has 0 aliphatic heterocycles. The van der Waals surface area contributed by atoms with Crippen LogP contribution < -0.4 is 0 Å². The summed E-state index contributed by atoms with van der Waals surface area (Å²) in [6.07, 6.45) is 53.7. The lowest BCUT2D eigenvalue weighted by atomic mass is 10.0. The number of hydrogen-bond acceptors (Lipinski definition) is 5. The third-order valence-corrected chi connectivity index (χ3v) is 9.91. The topological polar surface area (TPSA) is 72.8 Å². The van der Waals surface area contributed by atoms with Gasteiger partial charge in [0, 0.05) is 12.8 Å². The number of ether oxygens (including phenoxy) is 2. The van der Waals surface area contributed by atoms with E-state index in [0.29, 0.717) is 12.8 Å². The molecule has 0 aromatic rings. The van der Waals surface area contributed by atoms with E-state index in [-0.39, 0.29) is 25.2 Å². The van der Waals surface area contributed by atoms with Crippen LogP contribution in [0.2, 0.25) is 0 Å². The molecule has 0 radical (unpaired) electrons. The first-order chi connectivity index (χ1) is 25.6. The fraction of sp³-hybridized carbons (Fsp3) is 0.830. The smallest absolute Gasteiger partial charge is 0.306 e. The SMILES string of the molecule is CCCCC/C=C/C/C=C/CCCCCCCC(=O)O[C@@H](CO)COC(=O)CCC/C=C/CCCCCCCCCCCCCCCCCCCC. The van der Waals surface area contributed by atoms with Crippen LogP contribution in [0.3, 0.4) is 0 Å². The van der Waals surface area contributed by atoms with Gasteiger partial charge in [-0.15, -0.1) is 0 Å². The Bertz CT molecular complexity index is 832. The van der Waals surface area contributed by atoms with Gasteiger partial charge in [0.05, 0.1) is 6.61 Å². The van der Waals surface area contributed by atoms with Gasteiger partial charge in [-0.1, -0.05) is 192 Å². The maximum absolute atomic E-state index is 12.2. The summed E-state index contributed by atoms with van der Waals surface area (Å²) in [5, 5.41) is 9.57. The number of rotatable bonds is 41. The van der Waals surface area contributed by atoms with Crippen LogP contribution in [0.1, 0.15) is 232 Å². The van der Waals surface area contributed by atoms with Gasteiger partial charge in [0.25, 0.3) is 0 Å². The Hall–Kier alpha value is -1.88. The van der Waals surface area contributed by atoms with E-state index in [1.165, 1.54) is 148 Å².